The number of terminal acetylenes is 1. The fourth-order valence-electron chi connectivity index (χ4n) is 1.02. The van der Waals surface area contributed by atoms with E-state index in [0.29, 0.717) is 0 Å². The zero-order valence-electron chi connectivity index (χ0n) is 5.76. The summed E-state index contributed by atoms with van der Waals surface area (Å²) in [5, 5.41) is 0. The predicted octanol–water partition coefficient (Wildman–Crippen LogP) is 0.358. The standard InChI is InChI=1S/C8H5N3/c1-2-6-3-9-4-7-8(6)11-5-10-7/h1,3-5H,(H,10,11)/p+1. The Morgan fingerprint density at radius 1 is 1.55 bits per heavy atom. The first-order valence-electron chi connectivity index (χ1n) is 3.21. The summed E-state index contributed by atoms with van der Waals surface area (Å²) in [7, 11) is 0. The number of hydrogen-bond acceptors (Lipinski definition) is 1. The molecule has 2 rings (SSSR count). The van der Waals surface area contributed by atoms with Crippen LogP contribution in [-0.2, 0) is 0 Å². The Morgan fingerprint density at radius 3 is 3.27 bits per heavy atom. The normalized spacial score (nSPS) is 9.73. The van der Waals surface area contributed by atoms with Gasteiger partial charge in [-0.3, -0.25) is 0 Å². The molecule has 3 heteroatoms. The summed E-state index contributed by atoms with van der Waals surface area (Å²) >= 11 is 0. The first-order chi connectivity index (χ1) is 5.42. The minimum Gasteiger partial charge on any atom is -0.340 e. The molecule has 0 fully saturated rings. The molecular weight excluding hydrogens is 138 g/mol. The maximum atomic E-state index is 5.25. The molecule has 0 amide bonds. The molecule has 2 heterocycles. The van der Waals surface area contributed by atoms with Crippen molar-refractivity contribution in [1.29, 1.82) is 0 Å². The van der Waals surface area contributed by atoms with Gasteiger partial charge in [-0.25, -0.2) is 9.97 Å². The molecule has 0 radical (unpaired) electrons. The highest BCUT2D eigenvalue weighted by Crippen LogP contribution is 2.08. The maximum Gasteiger partial charge on any atom is 0.193 e. The number of aromatic nitrogens is 3. The zero-order valence-corrected chi connectivity index (χ0v) is 5.76. The van der Waals surface area contributed by atoms with Gasteiger partial charge in [-0.1, -0.05) is 5.92 Å². The molecule has 0 bridgehead atoms. The lowest BCUT2D eigenvalue weighted by Crippen LogP contribution is -2.00. The molecule has 0 aliphatic heterocycles. The minimum absolute atomic E-state index is 0.781. The van der Waals surface area contributed by atoms with Crippen LogP contribution in [0.3, 0.4) is 0 Å². The highest BCUT2D eigenvalue weighted by molar-refractivity contribution is 5.78. The Balaban J connectivity index is 2.92. The molecule has 0 aliphatic carbocycles. The van der Waals surface area contributed by atoms with Gasteiger partial charge in [-0.15, -0.1) is 6.42 Å². The Bertz CT molecular complexity index is 422. The second-order valence-electron chi connectivity index (χ2n) is 2.18. The van der Waals surface area contributed by atoms with E-state index >= 15 is 0 Å². The molecule has 0 atom stereocenters. The van der Waals surface area contributed by atoms with Gasteiger partial charge in [0.1, 0.15) is 16.6 Å². The Kier molecular flexibility index (Phi) is 1.13. The van der Waals surface area contributed by atoms with E-state index in [-0.39, 0.29) is 0 Å². The number of nitrogens with zero attached hydrogens (tertiary/aromatic N) is 1. The van der Waals surface area contributed by atoms with Gasteiger partial charge >= 0.3 is 0 Å². The van der Waals surface area contributed by atoms with E-state index < -0.39 is 0 Å². The molecule has 0 aliphatic rings. The summed E-state index contributed by atoms with van der Waals surface area (Å²) in [6.07, 6.45) is 10.5. The lowest BCUT2D eigenvalue weighted by molar-refractivity contribution is -0.376. The second kappa shape index (κ2) is 2.10. The predicted molar refractivity (Wildman–Crippen MR) is 40.6 cm³/mol. The van der Waals surface area contributed by atoms with E-state index in [0.717, 1.165) is 16.6 Å². The van der Waals surface area contributed by atoms with E-state index in [1.807, 2.05) is 6.20 Å². The van der Waals surface area contributed by atoms with Gasteiger partial charge in [-0.2, -0.15) is 0 Å². The lowest BCUT2D eigenvalue weighted by Gasteiger charge is -1.84. The fourth-order valence-corrected chi connectivity index (χ4v) is 1.02. The lowest BCUT2D eigenvalue weighted by atomic mass is 10.2. The number of fused-ring (bicyclic) bond motifs is 1. The minimum atomic E-state index is 0.781. The van der Waals surface area contributed by atoms with Gasteiger partial charge in [0, 0.05) is 0 Å². The largest absolute Gasteiger partial charge is 0.340 e. The Hall–Kier alpha value is -1.82. The van der Waals surface area contributed by atoms with Crippen LogP contribution in [-0.4, -0.2) is 9.97 Å². The molecule has 2 aromatic rings. The summed E-state index contributed by atoms with van der Waals surface area (Å²) in [5.74, 6) is 2.54. The topological polar surface area (TPSA) is 42.8 Å². The number of nitrogens with one attached hydrogen (secondary N) is 2. The van der Waals surface area contributed by atoms with Crippen LogP contribution in [0.5, 0.6) is 0 Å². The summed E-state index contributed by atoms with van der Waals surface area (Å²) < 4.78 is 0. The van der Waals surface area contributed by atoms with Crippen molar-refractivity contribution in [3.05, 3.63) is 24.3 Å². The fraction of sp³-hybridized carbons (Fsp3) is 0. The smallest absolute Gasteiger partial charge is 0.193 e. The van der Waals surface area contributed by atoms with Crippen LogP contribution in [0.1, 0.15) is 5.56 Å². The third kappa shape index (κ3) is 0.767. The molecule has 52 valence electrons. The maximum absolute atomic E-state index is 5.25. The quantitative estimate of drug-likeness (QED) is 0.533. The van der Waals surface area contributed by atoms with Gasteiger partial charge in [0.15, 0.2) is 12.4 Å². The first-order valence-corrected chi connectivity index (χ1v) is 3.21. The number of hydrogen-bond donors (Lipinski definition) is 1. The number of pyridine rings is 1. The summed E-state index contributed by atoms with van der Waals surface area (Å²) in [4.78, 5) is 9.96. The van der Waals surface area contributed by atoms with Crippen LogP contribution in [0.4, 0.5) is 0 Å². The zero-order chi connectivity index (χ0) is 7.68. The van der Waals surface area contributed by atoms with E-state index in [4.69, 9.17) is 6.42 Å². The van der Waals surface area contributed by atoms with Crippen LogP contribution in [0, 0.1) is 12.3 Å². The number of aromatic amines is 2. The van der Waals surface area contributed by atoms with Gasteiger partial charge in [0.25, 0.3) is 0 Å². The van der Waals surface area contributed by atoms with Crippen LogP contribution < -0.4 is 4.98 Å². The molecule has 0 aromatic carbocycles. The van der Waals surface area contributed by atoms with E-state index in [9.17, 15) is 0 Å². The van der Waals surface area contributed by atoms with Crippen molar-refractivity contribution in [3.63, 3.8) is 0 Å². The molecule has 0 saturated heterocycles. The van der Waals surface area contributed by atoms with Crippen molar-refractivity contribution in [1.82, 2.24) is 9.97 Å². The molecule has 0 unspecified atom stereocenters. The summed E-state index contributed by atoms with van der Waals surface area (Å²) in [5.41, 5.74) is 2.55. The van der Waals surface area contributed by atoms with Crippen molar-refractivity contribution in [2.75, 3.05) is 0 Å². The highest BCUT2D eigenvalue weighted by atomic mass is 14.9. The van der Waals surface area contributed by atoms with Gasteiger partial charge in [0.05, 0.1) is 6.33 Å². The number of imidazole rings is 1. The van der Waals surface area contributed by atoms with Crippen molar-refractivity contribution >= 4 is 11.0 Å². The van der Waals surface area contributed by atoms with Crippen LogP contribution in [0.15, 0.2) is 18.7 Å². The number of rotatable bonds is 0. The van der Waals surface area contributed by atoms with Gasteiger partial charge in [0.2, 0.25) is 0 Å². The van der Waals surface area contributed by atoms with E-state index in [2.05, 4.69) is 20.9 Å². The summed E-state index contributed by atoms with van der Waals surface area (Å²) in [6.45, 7) is 0. The average Bonchev–Trinajstić information content (AvgIpc) is 2.50. The number of H-pyrrole nitrogens is 2. The van der Waals surface area contributed by atoms with Crippen molar-refractivity contribution in [3.8, 4) is 12.3 Å². The van der Waals surface area contributed by atoms with Crippen molar-refractivity contribution in [2.45, 2.75) is 0 Å². The molecule has 0 saturated carbocycles. The van der Waals surface area contributed by atoms with Crippen LogP contribution in [0.2, 0.25) is 0 Å². The molecule has 2 N–H and O–H groups in total. The Labute approximate surface area is 63.5 Å². The first kappa shape index (κ1) is 5.93. The van der Waals surface area contributed by atoms with Crippen molar-refractivity contribution in [2.24, 2.45) is 0 Å². The van der Waals surface area contributed by atoms with E-state index in [1.165, 1.54) is 0 Å². The second-order valence-corrected chi connectivity index (χ2v) is 2.18. The third-order valence-corrected chi connectivity index (χ3v) is 1.53. The molecule has 2 aromatic heterocycles. The molecule has 3 nitrogen and oxygen atoms in total. The molecule has 0 spiro atoms. The van der Waals surface area contributed by atoms with Crippen LogP contribution >= 0.6 is 0 Å². The van der Waals surface area contributed by atoms with Gasteiger partial charge in [-0.05, 0) is 0 Å². The monoisotopic (exact) mass is 144 g/mol. The summed E-state index contributed by atoms with van der Waals surface area (Å²) in [6, 6.07) is 0. The Morgan fingerprint density at radius 2 is 2.45 bits per heavy atom. The average molecular weight is 144 g/mol. The van der Waals surface area contributed by atoms with Crippen LogP contribution in [0.25, 0.3) is 11.0 Å². The van der Waals surface area contributed by atoms with Gasteiger partial charge < -0.3 is 4.98 Å². The molecule has 11 heavy (non-hydrogen) atoms. The van der Waals surface area contributed by atoms with E-state index in [1.54, 1.807) is 12.5 Å². The third-order valence-electron chi connectivity index (χ3n) is 1.53. The van der Waals surface area contributed by atoms with Crippen molar-refractivity contribution < 1.29 is 4.98 Å². The molecular formula is C8H6N3+. The SMILES string of the molecule is C#Cc1c[nH+]cc2[nH]cnc12. The highest BCUT2D eigenvalue weighted by Gasteiger charge is 2.03.